The zero-order valence-electron chi connectivity index (χ0n) is 11.6. The Hall–Kier alpha value is -1.12. The van der Waals surface area contributed by atoms with E-state index in [0.29, 0.717) is 12.5 Å². The van der Waals surface area contributed by atoms with Gasteiger partial charge in [0, 0.05) is 6.54 Å². The molecule has 0 aromatic heterocycles. The highest BCUT2D eigenvalue weighted by Crippen LogP contribution is 2.10. The van der Waals surface area contributed by atoms with E-state index >= 15 is 0 Å². The third-order valence-corrected chi connectivity index (χ3v) is 2.71. The largest absolute Gasteiger partial charge is 0.376 e. The molecule has 0 atom stereocenters. The molecule has 0 saturated carbocycles. The van der Waals surface area contributed by atoms with Gasteiger partial charge in [0.05, 0.1) is 13.2 Å². The lowest BCUT2D eigenvalue weighted by Crippen LogP contribution is -2.19. The van der Waals surface area contributed by atoms with Gasteiger partial charge >= 0.3 is 0 Å². The summed E-state index contributed by atoms with van der Waals surface area (Å²) in [5.74, 6) is 0.681. The first-order chi connectivity index (χ1) is 8.74. The zero-order valence-corrected chi connectivity index (χ0v) is 11.6. The summed E-state index contributed by atoms with van der Waals surface area (Å²) in [6, 6.07) is 8.46. The van der Waals surface area contributed by atoms with Crippen LogP contribution in [0, 0.1) is 5.92 Å². The lowest BCUT2D eigenvalue weighted by molar-refractivity contribution is 0.124. The molecule has 1 aromatic carbocycles. The lowest BCUT2D eigenvalue weighted by atomic mass is 10.1. The average molecular weight is 247 g/mol. The van der Waals surface area contributed by atoms with Crippen LogP contribution >= 0.6 is 0 Å². The molecule has 0 aliphatic carbocycles. The van der Waals surface area contributed by atoms with Crippen LogP contribution in [0.15, 0.2) is 36.9 Å². The maximum Gasteiger partial charge on any atom is 0.0720 e. The molecule has 0 spiro atoms. The minimum Gasteiger partial charge on any atom is -0.376 e. The second-order valence-corrected chi connectivity index (χ2v) is 4.92. The van der Waals surface area contributed by atoms with Gasteiger partial charge in [-0.3, -0.25) is 0 Å². The molecule has 18 heavy (non-hydrogen) atoms. The summed E-state index contributed by atoms with van der Waals surface area (Å²) in [4.78, 5) is 0. The molecule has 1 aromatic rings. The average Bonchev–Trinajstić information content (AvgIpc) is 2.36. The van der Waals surface area contributed by atoms with Crippen molar-refractivity contribution in [2.45, 2.75) is 33.4 Å². The van der Waals surface area contributed by atoms with Crippen LogP contribution in [-0.2, 0) is 17.9 Å². The number of benzene rings is 1. The fourth-order valence-corrected chi connectivity index (χ4v) is 1.72. The first-order valence-corrected chi connectivity index (χ1v) is 6.70. The maximum atomic E-state index is 5.63. The van der Waals surface area contributed by atoms with Gasteiger partial charge < -0.3 is 10.1 Å². The standard InChI is InChI=1S/C16H25NO/c1-4-5-10-18-13-16-9-7-6-8-15(16)12-17-11-14(2)3/h4,6-9,14,17H,1,5,10-13H2,2-3H3. The molecule has 0 amide bonds. The van der Waals surface area contributed by atoms with Gasteiger partial charge in [-0.2, -0.15) is 0 Å². The molecule has 0 aliphatic rings. The molecule has 0 bridgehead atoms. The highest BCUT2D eigenvalue weighted by atomic mass is 16.5. The Kier molecular flexibility index (Phi) is 7.38. The molecule has 0 radical (unpaired) electrons. The van der Waals surface area contributed by atoms with Crippen molar-refractivity contribution in [2.75, 3.05) is 13.2 Å². The monoisotopic (exact) mass is 247 g/mol. The fourth-order valence-electron chi connectivity index (χ4n) is 1.72. The minimum atomic E-state index is 0.681. The minimum absolute atomic E-state index is 0.681. The molecular weight excluding hydrogens is 222 g/mol. The van der Waals surface area contributed by atoms with E-state index < -0.39 is 0 Å². The number of hydrogen-bond acceptors (Lipinski definition) is 2. The van der Waals surface area contributed by atoms with Crippen LogP contribution in [-0.4, -0.2) is 13.2 Å². The van der Waals surface area contributed by atoms with Gasteiger partial charge in [-0.15, -0.1) is 6.58 Å². The van der Waals surface area contributed by atoms with Crippen LogP contribution in [0.5, 0.6) is 0 Å². The number of rotatable bonds is 9. The van der Waals surface area contributed by atoms with Crippen LogP contribution in [0.25, 0.3) is 0 Å². The SMILES string of the molecule is C=CCCOCc1ccccc1CNCC(C)C. The summed E-state index contributed by atoms with van der Waals surface area (Å²) in [7, 11) is 0. The number of hydrogen-bond donors (Lipinski definition) is 1. The normalized spacial score (nSPS) is 10.8. The molecule has 1 N–H and O–H groups in total. The van der Waals surface area contributed by atoms with Crippen LogP contribution in [0.3, 0.4) is 0 Å². The van der Waals surface area contributed by atoms with Gasteiger partial charge in [0.2, 0.25) is 0 Å². The van der Waals surface area contributed by atoms with Crippen molar-refractivity contribution in [1.29, 1.82) is 0 Å². The van der Waals surface area contributed by atoms with E-state index in [9.17, 15) is 0 Å². The summed E-state index contributed by atoms with van der Waals surface area (Å²) >= 11 is 0. The van der Waals surface area contributed by atoms with E-state index in [-0.39, 0.29) is 0 Å². The second-order valence-electron chi connectivity index (χ2n) is 4.92. The number of ether oxygens (including phenoxy) is 1. The molecule has 0 aliphatic heterocycles. The molecular formula is C16H25NO. The van der Waals surface area contributed by atoms with Crippen molar-refractivity contribution < 1.29 is 4.74 Å². The van der Waals surface area contributed by atoms with Gasteiger partial charge in [0.15, 0.2) is 0 Å². The highest BCUT2D eigenvalue weighted by molar-refractivity contribution is 5.26. The molecule has 0 saturated heterocycles. The van der Waals surface area contributed by atoms with Gasteiger partial charge in [0.25, 0.3) is 0 Å². The smallest absolute Gasteiger partial charge is 0.0720 e. The summed E-state index contributed by atoms with van der Waals surface area (Å²) in [5.41, 5.74) is 2.61. The third-order valence-electron chi connectivity index (χ3n) is 2.71. The first-order valence-electron chi connectivity index (χ1n) is 6.70. The Bertz CT molecular complexity index is 347. The molecule has 0 heterocycles. The van der Waals surface area contributed by atoms with Crippen molar-refractivity contribution in [3.8, 4) is 0 Å². The fraction of sp³-hybridized carbons (Fsp3) is 0.500. The van der Waals surface area contributed by atoms with Gasteiger partial charge in [-0.05, 0) is 30.0 Å². The van der Waals surface area contributed by atoms with Crippen molar-refractivity contribution in [3.63, 3.8) is 0 Å². The highest BCUT2D eigenvalue weighted by Gasteiger charge is 2.02. The van der Waals surface area contributed by atoms with Gasteiger partial charge in [-0.1, -0.05) is 44.2 Å². The molecule has 2 nitrogen and oxygen atoms in total. The van der Waals surface area contributed by atoms with Crippen LogP contribution < -0.4 is 5.32 Å². The topological polar surface area (TPSA) is 21.3 Å². The number of nitrogens with one attached hydrogen (secondary N) is 1. The Morgan fingerprint density at radius 1 is 1.28 bits per heavy atom. The maximum absolute atomic E-state index is 5.63. The summed E-state index contributed by atoms with van der Waals surface area (Å²) in [6.45, 7) is 11.5. The lowest BCUT2D eigenvalue weighted by Gasteiger charge is -2.12. The van der Waals surface area contributed by atoms with Crippen LogP contribution in [0.4, 0.5) is 0 Å². The quantitative estimate of drug-likeness (QED) is 0.532. The van der Waals surface area contributed by atoms with E-state index in [1.807, 2.05) is 6.08 Å². The van der Waals surface area contributed by atoms with Gasteiger partial charge in [0.1, 0.15) is 0 Å². The van der Waals surface area contributed by atoms with Crippen molar-refractivity contribution in [2.24, 2.45) is 5.92 Å². The Labute approximate surface area is 111 Å². The predicted octanol–water partition coefficient (Wildman–Crippen LogP) is 3.52. The van der Waals surface area contributed by atoms with Crippen LogP contribution in [0.2, 0.25) is 0 Å². The Morgan fingerprint density at radius 3 is 2.67 bits per heavy atom. The molecule has 0 fully saturated rings. The van der Waals surface area contributed by atoms with Gasteiger partial charge in [-0.25, -0.2) is 0 Å². The van der Waals surface area contributed by atoms with E-state index in [1.165, 1.54) is 11.1 Å². The van der Waals surface area contributed by atoms with Crippen molar-refractivity contribution in [1.82, 2.24) is 5.32 Å². The van der Waals surface area contributed by atoms with Crippen LogP contribution in [0.1, 0.15) is 31.4 Å². The summed E-state index contributed by atoms with van der Waals surface area (Å²) in [6.07, 6.45) is 2.80. The zero-order chi connectivity index (χ0) is 13.2. The molecule has 100 valence electrons. The van der Waals surface area contributed by atoms with E-state index in [4.69, 9.17) is 4.74 Å². The Balaban J connectivity index is 2.43. The second kappa shape index (κ2) is 8.90. The van der Waals surface area contributed by atoms with E-state index in [2.05, 4.69) is 50.0 Å². The Morgan fingerprint density at radius 2 is 2.00 bits per heavy atom. The summed E-state index contributed by atoms with van der Waals surface area (Å²) < 4.78 is 5.63. The van der Waals surface area contributed by atoms with Crippen molar-refractivity contribution >= 4 is 0 Å². The van der Waals surface area contributed by atoms with E-state index in [0.717, 1.165) is 26.1 Å². The third kappa shape index (κ3) is 5.99. The first kappa shape index (κ1) is 14.9. The molecule has 2 heteroatoms. The molecule has 1 rings (SSSR count). The molecule has 0 unspecified atom stereocenters. The summed E-state index contributed by atoms with van der Waals surface area (Å²) in [5, 5.41) is 3.47. The predicted molar refractivity (Wildman–Crippen MR) is 77.5 cm³/mol. The van der Waals surface area contributed by atoms with Crippen molar-refractivity contribution in [3.05, 3.63) is 48.0 Å². The van der Waals surface area contributed by atoms with E-state index in [1.54, 1.807) is 0 Å².